The summed E-state index contributed by atoms with van der Waals surface area (Å²) in [6.07, 6.45) is 5.11. The highest BCUT2D eigenvalue weighted by Crippen LogP contribution is 2.76. The van der Waals surface area contributed by atoms with Gasteiger partial charge in [0.25, 0.3) is 0 Å². The number of rotatable bonds is 4. The Morgan fingerprint density at radius 2 is 1.70 bits per heavy atom. The van der Waals surface area contributed by atoms with Crippen LogP contribution in [0.4, 0.5) is 0 Å². The Morgan fingerprint density at radius 3 is 2.55 bits per heavy atom. The average molecular weight is 1240 g/mol. The highest BCUT2D eigenvalue weighted by Gasteiger charge is 2.71. The number of benzene rings is 6. The Hall–Kier alpha value is -6.64. The van der Waals surface area contributed by atoms with Gasteiger partial charge in [0.1, 0.15) is 30.0 Å². The zero-order valence-corrected chi connectivity index (χ0v) is 52.1. The van der Waals surface area contributed by atoms with Crippen molar-refractivity contribution in [3.63, 3.8) is 0 Å². The molecule has 2 heterocycles. The summed E-state index contributed by atoms with van der Waals surface area (Å²) in [5, 5.41) is 66.2. The average Bonchev–Trinajstić information content (AvgIpc) is 1.61. The molecular formula is C74H77NO12S2. The number of ether oxygens (including phenoxy) is 5. The third-order valence-electron chi connectivity index (χ3n) is 22.3. The van der Waals surface area contributed by atoms with Crippen molar-refractivity contribution in [2.75, 3.05) is 39.7 Å². The number of nitrogens with one attached hydrogen (secondary N) is 1. The van der Waals surface area contributed by atoms with E-state index >= 15 is 4.79 Å². The summed E-state index contributed by atoms with van der Waals surface area (Å²) in [7, 11) is 6.09. The Labute approximate surface area is 527 Å². The van der Waals surface area contributed by atoms with Gasteiger partial charge in [0, 0.05) is 56.5 Å². The fraction of sp³-hybridized carbons (Fsp3) is 0.459. The number of aliphatic hydroxyl groups excluding tert-OH is 2. The highest BCUT2D eigenvalue weighted by molar-refractivity contribution is 8.76. The van der Waals surface area contributed by atoms with Gasteiger partial charge in [-0.3, -0.25) is 9.59 Å². The fourth-order valence-electron chi connectivity index (χ4n) is 19.1. The fourth-order valence-corrected chi connectivity index (χ4v) is 21.3. The monoisotopic (exact) mass is 1240 g/mol. The Balaban J connectivity index is 0.967. The lowest BCUT2D eigenvalue weighted by atomic mass is 9.36. The summed E-state index contributed by atoms with van der Waals surface area (Å²) in [5.74, 6) is 5.17. The molecule has 2 spiro atoms. The summed E-state index contributed by atoms with van der Waals surface area (Å²) in [4.78, 5) is 31.2. The molecule has 16 atom stereocenters. The van der Waals surface area contributed by atoms with Gasteiger partial charge in [-0.2, -0.15) is 0 Å². The standard InChI is InChI=1S/C74H77NO12S2/c1-39(76)86-65-29-53-28-59-57-31-67(63(78)24-49(57)21-60-70(59)74-61-22-45-9-5-4-8-44(45)19-48(61)14-16-54(71(60)81)69(74)58-30-64(79)66(84-3)25-50(58)23-62(65)74)85-37-68(80)89-88-38-43-17-40-11-12-42(36-83-2)35-75-34-41-7-6-10-46(18-41)56-27-52(77)20-47-13-15-51(26-55(47)56)73(32-40,33-43)72(82)87-53/h4-10,13,15,18,20,22,24-27,30-31,40,42-43,48,53-54,59-60,62,65,68-71,75,77-81H,14,16-17,19,21,23,28-29,32-38H2,1-3H3. The Kier molecular flexibility index (Phi) is 15.3. The number of carbonyl (C=O) groups excluding carboxylic acids is 2. The summed E-state index contributed by atoms with van der Waals surface area (Å²) in [6.45, 7) is 2.95. The van der Waals surface area contributed by atoms with Crippen LogP contribution in [-0.2, 0) is 55.0 Å². The minimum atomic E-state index is -1.27. The second kappa shape index (κ2) is 23.2. The molecule has 7 aliphatic carbocycles. The molecule has 0 saturated heterocycles. The number of fused-ring (bicyclic) bond motifs is 11. The Morgan fingerprint density at radius 1 is 0.831 bits per heavy atom. The van der Waals surface area contributed by atoms with Gasteiger partial charge in [-0.05, 0) is 214 Å². The van der Waals surface area contributed by atoms with Crippen LogP contribution < -0.4 is 14.8 Å². The predicted octanol–water partition coefficient (Wildman–Crippen LogP) is 11.9. The molecule has 6 N–H and O–H groups in total. The molecule has 462 valence electrons. The number of aromatic hydroxyl groups is 3. The molecule has 0 aromatic heterocycles. The number of hydrogen-bond acceptors (Lipinski definition) is 15. The van der Waals surface area contributed by atoms with Crippen LogP contribution in [0.5, 0.6) is 28.7 Å². The van der Waals surface area contributed by atoms with Gasteiger partial charge in [-0.25, -0.2) is 0 Å². The quantitative estimate of drug-likeness (QED) is 0.0554. The zero-order valence-electron chi connectivity index (χ0n) is 50.5. The maximum atomic E-state index is 17.0. The second-order valence-electron chi connectivity index (χ2n) is 27.2. The first-order valence-electron chi connectivity index (χ1n) is 32.0. The van der Waals surface area contributed by atoms with Gasteiger partial charge < -0.3 is 54.5 Å². The van der Waals surface area contributed by atoms with Gasteiger partial charge in [0.05, 0.1) is 31.2 Å². The molecule has 13 bridgehead atoms. The molecule has 0 radical (unpaired) electrons. The molecule has 0 amide bonds. The van der Waals surface area contributed by atoms with E-state index in [0.717, 1.165) is 80.1 Å². The van der Waals surface area contributed by atoms with Crippen molar-refractivity contribution < 1.29 is 58.8 Å². The van der Waals surface area contributed by atoms with E-state index in [1.165, 1.54) is 39.6 Å². The topological polar surface area (TPSA) is 193 Å². The molecule has 4 fully saturated rings. The van der Waals surface area contributed by atoms with E-state index in [2.05, 4.69) is 71.8 Å². The number of methoxy groups -OCH3 is 2. The minimum Gasteiger partial charge on any atom is -0.508 e. The number of esters is 2. The molecule has 16 unspecified atom stereocenters. The van der Waals surface area contributed by atoms with Crippen molar-refractivity contribution in [3.05, 3.63) is 153 Å². The molecule has 15 rings (SSSR count). The van der Waals surface area contributed by atoms with E-state index in [-0.39, 0.29) is 89.8 Å². The number of allylic oxidation sites excluding steroid dienone is 1. The van der Waals surface area contributed by atoms with Crippen molar-refractivity contribution in [2.45, 2.75) is 119 Å². The van der Waals surface area contributed by atoms with Crippen molar-refractivity contribution in [1.29, 1.82) is 0 Å². The van der Waals surface area contributed by atoms with Crippen LogP contribution in [0.3, 0.4) is 0 Å². The molecule has 13 nitrogen and oxygen atoms in total. The molecule has 9 aliphatic rings. The smallest absolute Gasteiger partial charge is 0.316 e. The van der Waals surface area contributed by atoms with Crippen LogP contribution in [0.2, 0.25) is 0 Å². The van der Waals surface area contributed by atoms with Crippen molar-refractivity contribution in [2.24, 2.45) is 52.8 Å². The van der Waals surface area contributed by atoms with Crippen LogP contribution >= 0.6 is 21.6 Å². The van der Waals surface area contributed by atoms with Crippen molar-refractivity contribution in [3.8, 4) is 51.7 Å². The molecule has 4 saturated carbocycles. The van der Waals surface area contributed by atoms with Gasteiger partial charge in [-0.1, -0.05) is 99.7 Å². The summed E-state index contributed by atoms with van der Waals surface area (Å²) < 4.78 is 32.7. The number of phenols is 3. The Bertz CT molecular complexity index is 3910. The molecule has 6 aromatic rings. The van der Waals surface area contributed by atoms with Crippen LogP contribution in [0, 0.1) is 64.6 Å². The summed E-state index contributed by atoms with van der Waals surface area (Å²) in [5.41, 5.74) is 7.98. The maximum Gasteiger partial charge on any atom is 0.316 e. The second-order valence-corrected chi connectivity index (χ2v) is 29.8. The van der Waals surface area contributed by atoms with Gasteiger partial charge in [0.2, 0.25) is 0 Å². The van der Waals surface area contributed by atoms with Gasteiger partial charge in [0.15, 0.2) is 23.0 Å². The van der Waals surface area contributed by atoms with Crippen LogP contribution in [-0.4, -0.2) is 101 Å². The lowest BCUT2D eigenvalue weighted by molar-refractivity contribution is -0.188. The van der Waals surface area contributed by atoms with E-state index in [0.29, 0.717) is 63.3 Å². The first kappa shape index (κ1) is 58.7. The van der Waals surface area contributed by atoms with Crippen LogP contribution in [0.15, 0.2) is 109 Å². The van der Waals surface area contributed by atoms with Gasteiger partial charge in [-0.15, -0.1) is 0 Å². The van der Waals surface area contributed by atoms with E-state index < -0.39 is 58.4 Å². The molecule has 2 aliphatic heterocycles. The SMILES string of the molecule is COCC1C#CC2CC3CSSC(O)COc4cc5c(cc4O)CC4C(O)C6CCC7Cc8ccccc8C=C7C78C(Cc9cc(OC)c(O)cc9C67)C(OC(C)=O)CC(CC5C48)OC(=O)C(C2)(C3)c2ccc3cc(O)cc(c3c2)-c2cccc(c2)CNC1. The van der Waals surface area contributed by atoms with E-state index in [1.807, 2.05) is 42.5 Å². The number of carbonyl (C=O) groups is 2. The van der Waals surface area contributed by atoms with Crippen molar-refractivity contribution in [1.82, 2.24) is 5.32 Å². The lowest BCUT2D eigenvalue weighted by Gasteiger charge is -2.68. The largest absolute Gasteiger partial charge is 0.508 e. The first-order valence-corrected chi connectivity index (χ1v) is 34.4. The van der Waals surface area contributed by atoms with Crippen molar-refractivity contribution >= 4 is 50.4 Å². The van der Waals surface area contributed by atoms with E-state index in [1.54, 1.807) is 26.4 Å². The summed E-state index contributed by atoms with van der Waals surface area (Å²) in [6, 6.07) is 34.3. The maximum absolute atomic E-state index is 17.0. The lowest BCUT2D eigenvalue weighted by Crippen LogP contribution is -2.66. The molecular weight excluding hydrogens is 1160 g/mol. The highest BCUT2D eigenvalue weighted by atomic mass is 33.1. The third kappa shape index (κ3) is 10.1. The number of aliphatic hydroxyl groups is 2. The molecule has 15 heteroatoms. The minimum absolute atomic E-state index is 0.0249. The van der Waals surface area contributed by atoms with Gasteiger partial charge >= 0.3 is 11.9 Å². The normalized spacial score (nSPS) is 33.3. The first-order chi connectivity index (χ1) is 43.2. The number of hydrogen-bond donors (Lipinski definition) is 6. The van der Waals surface area contributed by atoms with Crippen LogP contribution in [0.25, 0.3) is 28.0 Å². The number of phenolic OH excluding ortho intramolecular Hbond substituents is 3. The third-order valence-corrected chi connectivity index (χ3v) is 24.8. The molecule has 6 aromatic carbocycles. The predicted molar refractivity (Wildman–Crippen MR) is 344 cm³/mol. The van der Waals surface area contributed by atoms with E-state index in [4.69, 9.17) is 23.7 Å². The summed E-state index contributed by atoms with van der Waals surface area (Å²) >= 11 is 0. The zero-order chi connectivity index (χ0) is 61.0. The van der Waals surface area contributed by atoms with E-state index in [9.17, 15) is 30.3 Å². The molecule has 89 heavy (non-hydrogen) atoms. The van der Waals surface area contributed by atoms with Crippen LogP contribution in [0.1, 0.15) is 108 Å².